The smallest absolute Gasteiger partial charge is 0.391 e. The minimum Gasteiger partial charge on any atom is -0.391 e. The molecule has 0 aromatic carbocycles. The first-order chi connectivity index (χ1) is 39.0. The van der Waals surface area contributed by atoms with Crippen LogP contribution in [0.5, 0.6) is 0 Å². The number of rotatable bonds is 66. The summed E-state index contributed by atoms with van der Waals surface area (Å²) in [6, 6.07) is -0.758. The molecule has 0 aromatic rings. The van der Waals surface area contributed by atoms with Crippen molar-refractivity contribution in [3.8, 4) is 0 Å². The summed E-state index contributed by atoms with van der Waals surface area (Å²) in [6.45, 7) is 4.92. The van der Waals surface area contributed by atoms with E-state index in [2.05, 4.69) is 55.6 Å². The lowest BCUT2D eigenvalue weighted by Crippen LogP contribution is -2.46. The third kappa shape index (κ3) is 64.3. The fraction of sp³-hybridized carbons (Fsp3) is 0.901. The van der Waals surface area contributed by atoms with Gasteiger partial charge in [-0.2, -0.15) is 0 Å². The average molecular weight is 1150 g/mol. The predicted molar refractivity (Wildman–Crippen MR) is 351 cm³/mol. The summed E-state index contributed by atoms with van der Waals surface area (Å²) in [6.07, 6.45) is 82.6. The number of phosphoric acid groups is 1. The van der Waals surface area contributed by atoms with Crippen LogP contribution in [0.2, 0.25) is 0 Å². The van der Waals surface area contributed by atoms with Crippen LogP contribution in [0, 0.1) is 0 Å². The quantitative estimate of drug-likeness (QED) is 0.0243. The fourth-order valence-corrected chi connectivity index (χ4v) is 11.6. The Morgan fingerprint density at radius 3 is 1.04 bits per heavy atom. The molecule has 0 spiro atoms. The largest absolute Gasteiger partial charge is 0.472 e. The minimum atomic E-state index is -4.32. The van der Waals surface area contributed by atoms with Gasteiger partial charge in [0.25, 0.3) is 0 Å². The third-order valence-corrected chi connectivity index (χ3v) is 17.4. The Kier molecular flexibility index (Phi) is 61.3. The van der Waals surface area contributed by atoms with Crippen LogP contribution in [0.4, 0.5) is 0 Å². The topological polar surface area (TPSA) is 105 Å². The summed E-state index contributed by atoms with van der Waals surface area (Å²) in [5.74, 6) is -0.136. The summed E-state index contributed by atoms with van der Waals surface area (Å²) >= 11 is 0. The molecule has 0 aliphatic carbocycles. The van der Waals surface area contributed by atoms with Gasteiger partial charge in [0.05, 0.1) is 39.9 Å². The van der Waals surface area contributed by atoms with Gasteiger partial charge < -0.3 is 19.8 Å². The lowest BCUT2D eigenvalue weighted by atomic mass is 10.0. The van der Waals surface area contributed by atoms with Gasteiger partial charge in [-0.1, -0.05) is 339 Å². The molecule has 0 radical (unpaired) electrons. The van der Waals surface area contributed by atoms with E-state index >= 15 is 0 Å². The molecule has 3 atom stereocenters. The maximum absolute atomic E-state index is 13.0. The first-order valence-electron chi connectivity index (χ1n) is 35.4. The van der Waals surface area contributed by atoms with Crippen molar-refractivity contribution in [3.05, 3.63) is 36.5 Å². The molecule has 0 heterocycles. The Balaban J connectivity index is 3.85. The zero-order valence-corrected chi connectivity index (χ0v) is 55.2. The zero-order chi connectivity index (χ0) is 58.4. The van der Waals surface area contributed by atoms with Crippen molar-refractivity contribution in [2.24, 2.45) is 0 Å². The molecule has 0 aliphatic rings. The number of aliphatic hydroxyl groups is 1. The number of quaternary nitrogens is 1. The highest BCUT2D eigenvalue weighted by molar-refractivity contribution is 7.47. The Labute approximate surface area is 499 Å². The number of unbranched alkanes of at least 4 members (excludes halogenated alkanes) is 47. The van der Waals surface area contributed by atoms with Crippen LogP contribution in [0.1, 0.15) is 361 Å². The second kappa shape index (κ2) is 62.3. The molecule has 0 aromatic heterocycles. The van der Waals surface area contributed by atoms with Crippen LogP contribution in [-0.2, 0) is 18.4 Å². The lowest BCUT2D eigenvalue weighted by molar-refractivity contribution is -0.870. The summed E-state index contributed by atoms with van der Waals surface area (Å²) < 4.78 is 23.9. The van der Waals surface area contributed by atoms with Gasteiger partial charge >= 0.3 is 7.82 Å². The fourth-order valence-electron chi connectivity index (χ4n) is 10.9. The number of nitrogens with zero attached hydrogens (tertiary/aromatic N) is 1. The van der Waals surface area contributed by atoms with E-state index in [-0.39, 0.29) is 19.1 Å². The maximum Gasteiger partial charge on any atom is 0.472 e. The number of allylic oxidation sites excluding steroid dienone is 6. The molecule has 8 nitrogen and oxygen atoms in total. The van der Waals surface area contributed by atoms with E-state index in [0.29, 0.717) is 23.9 Å². The van der Waals surface area contributed by atoms with Crippen LogP contribution in [0.15, 0.2) is 36.5 Å². The normalized spacial score (nSPS) is 13.8. The van der Waals surface area contributed by atoms with Gasteiger partial charge in [-0.3, -0.25) is 13.8 Å². The van der Waals surface area contributed by atoms with Gasteiger partial charge in [-0.15, -0.1) is 0 Å². The molecule has 0 saturated carbocycles. The Bertz CT molecular complexity index is 1400. The minimum absolute atomic E-state index is 0.0774. The molecule has 0 bridgehead atoms. The van der Waals surface area contributed by atoms with Crippen LogP contribution < -0.4 is 5.32 Å². The molecule has 1 amide bonds. The van der Waals surface area contributed by atoms with Crippen molar-refractivity contribution in [1.29, 1.82) is 0 Å². The zero-order valence-electron chi connectivity index (χ0n) is 54.3. The highest BCUT2D eigenvalue weighted by Crippen LogP contribution is 2.43. The van der Waals surface area contributed by atoms with E-state index in [1.165, 1.54) is 283 Å². The molecular weight excluding hydrogens is 1010 g/mol. The SMILES string of the molecule is CCCCCCC/C=C\C/C=C\C/C=C\CCCCCCCCCCCCCCCCCCCCCCCCCCCCC(=O)NC(COP(=O)(O)OCC[N+](C)(C)C)C(O)CCCCCCCCCCCCCCCCCCC. The van der Waals surface area contributed by atoms with Gasteiger partial charge in [0, 0.05) is 6.42 Å². The molecule has 474 valence electrons. The maximum atomic E-state index is 13.0. The highest BCUT2D eigenvalue weighted by Gasteiger charge is 2.28. The van der Waals surface area contributed by atoms with Crippen LogP contribution >= 0.6 is 7.82 Å². The lowest BCUT2D eigenvalue weighted by Gasteiger charge is -2.26. The molecule has 0 rings (SSSR count). The standard InChI is InChI=1S/C71H139N2O6P/c1-6-8-10-12-14-16-18-20-22-24-25-26-27-28-29-30-31-32-33-34-35-36-37-38-39-40-41-42-43-44-45-46-47-49-51-53-55-57-59-61-63-65-71(75)72-69(68-79-80(76,77)78-67-66-73(3,4)5)70(74)64-62-60-58-56-54-52-50-48-23-21-19-17-15-13-11-9-7-2/h18,20,24-25,27-28,69-70,74H,6-17,19,21-23,26,29-68H2,1-5H3,(H-,72,75,76,77)/p+1/b20-18-,25-24-,28-27-. The summed E-state index contributed by atoms with van der Waals surface area (Å²) in [5.41, 5.74) is 0. The second-order valence-electron chi connectivity index (χ2n) is 25.6. The number of hydrogen-bond acceptors (Lipinski definition) is 5. The number of phosphoric ester groups is 1. The number of hydrogen-bond donors (Lipinski definition) is 3. The molecule has 0 saturated heterocycles. The van der Waals surface area contributed by atoms with Crippen LogP contribution in [-0.4, -0.2) is 73.4 Å². The van der Waals surface area contributed by atoms with E-state index < -0.39 is 20.0 Å². The molecule has 9 heteroatoms. The van der Waals surface area contributed by atoms with Crippen molar-refractivity contribution >= 4 is 13.7 Å². The number of likely N-dealkylation sites (N-methyl/N-ethyl adjacent to an activating group) is 1. The first-order valence-corrected chi connectivity index (χ1v) is 36.8. The number of carbonyl (C=O) groups is 1. The molecule has 0 aliphatic heterocycles. The van der Waals surface area contributed by atoms with Crippen molar-refractivity contribution in [1.82, 2.24) is 5.32 Å². The van der Waals surface area contributed by atoms with Gasteiger partial charge in [-0.05, 0) is 51.4 Å². The van der Waals surface area contributed by atoms with Crippen molar-refractivity contribution in [2.75, 3.05) is 40.9 Å². The number of nitrogens with one attached hydrogen (secondary N) is 1. The van der Waals surface area contributed by atoms with E-state index in [1.54, 1.807) is 0 Å². The molecule has 0 fully saturated rings. The van der Waals surface area contributed by atoms with Gasteiger partial charge in [0.2, 0.25) is 5.91 Å². The molecule has 3 unspecified atom stereocenters. The van der Waals surface area contributed by atoms with Gasteiger partial charge in [0.15, 0.2) is 0 Å². The van der Waals surface area contributed by atoms with E-state index in [4.69, 9.17) is 9.05 Å². The Morgan fingerprint density at radius 2 is 0.713 bits per heavy atom. The number of amides is 1. The van der Waals surface area contributed by atoms with Crippen molar-refractivity contribution in [2.45, 2.75) is 373 Å². The number of aliphatic hydroxyl groups excluding tert-OH is 1. The van der Waals surface area contributed by atoms with E-state index in [1.807, 2.05) is 21.1 Å². The monoisotopic (exact) mass is 1150 g/mol. The van der Waals surface area contributed by atoms with Gasteiger partial charge in [0.1, 0.15) is 13.2 Å². The third-order valence-electron chi connectivity index (χ3n) is 16.4. The number of carbonyl (C=O) groups excluding carboxylic acids is 1. The first kappa shape index (κ1) is 78.7. The summed E-state index contributed by atoms with van der Waals surface area (Å²) in [7, 11) is 1.63. The van der Waals surface area contributed by atoms with Crippen molar-refractivity contribution < 1.29 is 32.9 Å². The summed E-state index contributed by atoms with van der Waals surface area (Å²) in [5, 5.41) is 14.1. The van der Waals surface area contributed by atoms with E-state index in [0.717, 1.165) is 51.4 Å². The predicted octanol–water partition coefficient (Wildman–Crippen LogP) is 22.4. The highest BCUT2D eigenvalue weighted by atomic mass is 31.2. The van der Waals surface area contributed by atoms with E-state index in [9.17, 15) is 19.4 Å². The second-order valence-corrected chi connectivity index (χ2v) is 27.1. The average Bonchev–Trinajstić information content (AvgIpc) is 3.42. The molecule has 3 N–H and O–H groups in total. The molecular formula is C71H140N2O6P+. The molecule has 80 heavy (non-hydrogen) atoms. The van der Waals surface area contributed by atoms with Gasteiger partial charge in [-0.25, -0.2) is 4.57 Å². The van der Waals surface area contributed by atoms with Crippen LogP contribution in [0.25, 0.3) is 0 Å². The Hall–Kier alpha value is -1.28. The van der Waals surface area contributed by atoms with Crippen LogP contribution in [0.3, 0.4) is 0 Å². The Morgan fingerprint density at radius 1 is 0.425 bits per heavy atom. The van der Waals surface area contributed by atoms with Crippen molar-refractivity contribution in [3.63, 3.8) is 0 Å². The summed E-state index contributed by atoms with van der Waals surface area (Å²) in [4.78, 5) is 23.4.